The Morgan fingerprint density at radius 1 is 0.923 bits per heavy atom. The number of nitrogens with one attached hydrogen (secondary N) is 2. The van der Waals surface area contributed by atoms with Gasteiger partial charge < -0.3 is 5.32 Å². The van der Waals surface area contributed by atoms with Crippen molar-refractivity contribution in [1.29, 1.82) is 0 Å². The molecule has 0 bridgehead atoms. The third-order valence-corrected chi connectivity index (χ3v) is 3.73. The van der Waals surface area contributed by atoms with Crippen LogP contribution in [0.2, 0.25) is 0 Å². The fraction of sp³-hybridized carbons (Fsp3) is 0.0556. The van der Waals surface area contributed by atoms with Crippen LogP contribution < -0.4 is 16.2 Å². The van der Waals surface area contributed by atoms with Crippen LogP contribution in [-0.4, -0.2) is 15.8 Å². The lowest BCUT2D eigenvalue weighted by Crippen LogP contribution is -2.26. The predicted octanol–water partition coefficient (Wildman–Crippen LogP) is 3.39. The zero-order valence-electron chi connectivity index (χ0n) is 13.4. The average Bonchev–Trinajstić information content (AvgIpc) is 2.67. The number of hydrogen-bond acceptors (Lipinski definition) is 5. The van der Waals surface area contributed by atoms with Crippen molar-refractivity contribution in [2.45, 2.75) is 6.54 Å². The topological polar surface area (TPSA) is 76.3 Å². The maximum atomic E-state index is 13.0. The summed E-state index contributed by atoms with van der Waals surface area (Å²) in [7, 11) is 0. The molecule has 0 aliphatic carbocycles. The van der Waals surface area contributed by atoms with Gasteiger partial charge in [-0.05, 0) is 42.0 Å². The minimum Gasteiger partial charge on any atom is -0.350 e. The summed E-state index contributed by atoms with van der Waals surface area (Å²) in [6, 6.07) is 12.1. The first-order valence-electron chi connectivity index (χ1n) is 7.84. The van der Waals surface area contributed by atoms with E-state index in [4.69, 9.17) is 0 Å². The number of aliphatic imine (C=N–C) groups is 1. The molecule has 26 heavy (non-hydrogen) atoms. The number of aromatic nitrogens is 2. The molecule has 2 heterocycles. The number of nitrogens with zero attached hydrogens (tertiary/aromatic N) is 4. The molecule has 0 spiro atoms. The molecule has 2 N–H and O–H groups in total. The van der Waals surface area contributed by atoms with Gasteiger partial charge in [0.2, 0.25) is 5.95 Å². The monoisotopic (exact) mass is 351 g/mol. The Balaban J connectivity index is 1.49. The first kappa shape index (κ1) is 15.9. The van der Waals surface area contributed by atoms with Crippen molar-refractivity contribution in [2.24, 2.45) is 4.99 Å². The van der Waals surface area contributed by atoms with Gasteiger partial charge in [-0.1, -0.05) is 12.1 Å². The average molecular weight is 351 g/mol. The third kappa shape index (κ3) is 3.44. The van der Waals surface area contributed by atoms with Gasteiger partial charge in [0.1, 0.15) is 17.3 Å². The molecule has 0 atom stereocenters. The van der Waals surface area contributed by atoms with Gasteiger partial charge in [0.15, 0.2) is 11.7 Å². The Morgan fingerprint density at radius 2 is 1.62 bits per heavy atom. The standard InChI is InChI=1S/C18H13F2N6/c19-13-5-1-11(2-6-13)9-21-18-22-10-15-17(24-18)26-25-16(23-15)12-3-7-14(20)8-4-12/h1-8,10H,9H2,(H2,21,22,24,26). The van der Waals surface area contributed by atoms with Crippen molar-refractivity contribution >= 4 is 23.3 Å². The van der Waals surface area contributed by atoms with Crippen LogP contribution in [0, 0.1) is 11.6 Å². The highest BCUT2D eigenvalue weighted by Crippen LogP contribution is 2.26. The molecule has 1 aromatic heterocycles. The highest BCUT2D eigenvalue weighted by molar-refractivity contribution is 6.02. The lowest BCUT2D eigenvalue weighted by molar-refractivity contribution is 0.627. The maximum Gasteiger partial charge on any atom is 0.225 e. The summed E-state index contributed by atoms with van der Waals surface area (Å²) in [6.07, 6.45) is 1.57. The summed E-state index contributed by atoms with van der Waals surface area (Å²) in [4.78, 5) is 12.9. The molecule has 0 fully saturated rings. The number of halogens is 2. The summed E-state index contributed by atoms with van der Waals surface area (Å²) in [5.74, 6) is 0.690. The fourth-order valence-corrected chi connectivity index (χ4v) is 2.38. The largest absolute Gasteiger partial charge is 0.350 e. The number of hydrogen-bond donors (Lipinski definition) is 2. The first-order valence-corrected chi connectivity index (χ1v) is 7.84. The Labute approximate surface area is 148 Å². The summed E-state index contributed by atoms with van der Waals surface area (Å²) in [5.41, 5.74) is 9.11. The van der Waals surface area contributed by atoms with Crippen LogP contribution in [-0.2, 0) is 6.54 Å². The van der Waals surface area contributed by atoms with Crippen LogP contribution in [0.25, 0.3) is 0 Å². The van der Waals surface area contributed by atoms with Gasteiger partial charge in [0.25, 0.3) is 0 Å². The molecule has 129 valence electrons. The SMILES string of the molecule is Fc1ccc(CNc2ncc3c(n2)N[N]C(c2ccc(F)cc2)=N3)cc1. The minimum atomic E-state index is -0.321. The van der Waals surface area contributed by atoms with Gasteiger partial charge in [-0.15, -0.1) is 0 Å². The molecular weight excluding hydrogens is 338 g/mol. The van der Waals surface area contributed by atoms with Crippen molar-refractivity contribution in [1.82, 2.24) is 15.4 Å². The van der Waals surface area contributed by atoms with Crippen LogP contribution in [0.3, 0.4) is 0 Å². The first-order chi connectivity index (χ1) is 12.7. The minimum absolute atomic E-state index is 0.278. The van der Waals surface area contributed by atoms with E-state index in [9.17, 15) is 8.78 Å². The van der Waals surface area contributed by atoms with E-state index >= 15 is 0 Å². The van der Waals surface area contributed by atoms with Gasteiger partial charge in [0, 0.05) is 12.1 Å². The van der Waals surface area contributed by atoms with Crippen LogP contribution in [0.15, 0.2) is 59.7 Å². The zero-order chi connectivity index (χ0) is 17.9. The Kier molecular flexibility index (Phi) is 4.14. The quantitative estimate of drug-likeness (QED) is 0.755. The number of anilines is 2. The molecule has 0 unspecified atom stereocenters. The lowest BCUT2D eigenvalue weighted by Gasteiger charge is -2.16. The van der Waals surface area contributed by atoms with E-state index in [1.165, 1.54) is 24.3 Å². The van der Waals surface area contributed by atoms with Crippen molar-refractivity contribution in [3.05, 3.63) is 77.5 Å². The zero-order valence-corrected chi connectivity index (χ0v) is 13.4. The number of amidine groups is 1. The maximum absolute atomic E-state index is 13.0. The molecule has 1 radical (unpaired) electrons. The molecule has 0 amide bonds. The van der Waals surface area contributed by atoms with Gasteiger partial charge in [-0.2, -0.15) is 10.4 Å². The molecule has 3 aromatic rings. The summed E-state index contributed by atoms with van der Waals surface area (Å²) >= 11 is 0. The van der Waals surface area contributed by atoms with Gasteiger partial charge >= 0.3 is 0 Å². The number of benzene rings is 2. The van der Waals surface area contributed by atoms with Crippen molar-refractivity contribution in [3.63, 3.8) is 0 Å². The smallest absolute Gasteiger partial charge is 0.225 e. The van der Waals surface area contributed by atoms with Crippen LogP contribution in [0.1, 0.15) is 11.1 Å². The summed E-state index contributed by atoms with van der Waals surface area (Å²) < 4.78 is 25.9. The highest BCUT2D eigenvalue weighted by atomic mass is 19.1. The van der Waals surface area contributed by atoms with Gasteiger partial charge in [-0.3, -0.25) is 5.43 Å². The van der Waals surface area contributed by atoms with Crippen LogP contribution in [0.4, 0.5) is 26.2 Å². The highest BCUT2D eigenvalue weighted by Gasteiger charge is 2.16. The Bertz CT molecular complexity index is 954. The van der Waals surface area contributed by atoms with Crippen molar-refractivity contribution < 1.29 is 8.78 Å². The van der Waals surface area contributed by atoms with E-state index in [-0.39, 0.29) is 11.6 Å². The molecule has 8 heteroatoms. The second-order valence-corrected chi connectivity index (χ2v) is 5.57. The second kappa shape index (κ2) is 6.75. The summed E-state index contributed by atoms with van der Waals surface area (Å²) in [6.45, 7) is 0.459. The van der Waals surface area contributed by atoms with E-state index in [2.05, 4.69) is 31.1 Å². The Hall–Kier alpha value is -3.55. The Morgan fingerprint density at radius 3 is 2.35 bits per heavy atom. The molecule has 0 saturated carbocycles. The van der Waals surface area contributed by atoms with E-state index in [1.807, 2.05) is 0 Å². The van der Waals surface area contributed by atoms with Gasteiger partial charge in [0.05, 0.1) is 6.20 Å². The molecule has 2 aromatic carbocycles. The lowest BCUT2D eigenvalue weighted by atomic mass is 10.2. The fourth-order valence-electron chi connectivity index (χ4n) is 2.38. The van der Waals surface area contributed by atoms with E-state index < -0.39 is 0 Å². The predicted molar refractivity (Wildman–Crippen MR) is 94.1 cm³/mol. The van der Waals surface area contributed by atoms with Crippen molar-refractivity contribution in [2.75, 3.05) is 10.7 Å². The molecular formula is C18H13F2N6. The molecule has 1 aliphatic heterocycles. The number of fused-ring (bicyclic) bond motifs is 1. The van der Waals surface area contributed by atoms with E-state index in [0.29, 0.717) is 35.4 Å². The van der Waals surface area contributed by atoms with E-state index in [0.717, 1.165) is 5.56 Å². The third-order valence-electron chi connectivity index (χ3n) is 3.73. The van der Waals surface area contributed by atoms with Crippen LogP contribution in [0.5, 0.6) is 0 Å². The molecule has 1 aliphatic rings. The molecule has 6 nitrogen and oxygen atoms in total. The van der Waals surface area contributed by atoms with Gasteiger partial charge in [-0.25, -0.2) is 18.8 Å². The van der Waals surface area contributed by atoms with Crippen molar-refractivity contribution in [3.8, 4) is 0 Å². The number of rotatable bonds is 4. The van der Waals surface area contributed by atoms with E-state index in [1.54, 1.807) is 30.5 Å². The summed E-state index contributed by atoms with van der Waals surface area (Å²) in [5, 5.41) is 3.06. The molecule has 4 rings (SSSR count). The second-order valence-electron chi connectivity index (χ2n) is 5.57. The normalized spacial score (nSPS) is 12.5. The molecule has 0 saturated heterocycles. The van der Waals surface area contributed by atoms with Crippen LogP contribution >= 0.6 is 0 Å².